The van der Waals surface area contributed by atoms with Crippen molar-refractivity contribution in [1.82, 2.24) is 0 Å². The Bertz CT molecular complexity index is 1990. The molecular weight excluding hydrogens is 817 g/mol. The molecule has 0 aliphatic carbocycles. The summed E-state index contributed by atoms with van der Waals surface area (Å²) in [7, 11) is 0. The Morgan fingerprint density at radius 3 is 0.359 bits per heavy atom. The van der Waals surface area contributed by atoms with Crippen LogP contribution in [-0.4, -0.2) is 24.6 Å². The van der Waals surface area contributed by atoms with Gasteiger partial charge in [0.1, 0.15) is 46.0 Å². The molecule has 0 aromatic heterocycles. The van der Waals surface area contributed by atoms with Gasteiger partial charge in [0, 0.05) is 0 Å². The quantitative estimate of drug-likeness (QED) is 0.106. The van der Waals surface area contributed by atoms with Crippen LogP contribution in [0.15, 0.2) is 243 Å². The zero-order chi connectivity index (χ0) is 44.9. The van der Waals surface area contributed by atoms with Crippen molar-refractivity contribution < 1.29 is 57.1 Å². The molecular formula is C52H40O12. The summed E-state index contributed by atoms with van der Waals surface area (Å²) in [5.41, 5.74) is 0. The minimum atomic E-state index is -0.739. The maximum atomic E-state index is 11.3. The summed E-state index contributed by atoms with van der Waals surface area (Å²) < 4.78 is 39.7. The molecule has 0 fully saturated rings. The summed E-state index contributed by atoms with van der Waals surface area (Å²) in [6.07, 6.45) is -2.95. The first-order chi connectivity index (χ1) is 31.4. The van der Waals surface area contributed by atoms with E-state index in [9.17, 15) is 19.2 Å². The molecule has 64 heavy (non-hydrogen) atoms. The molecule has 8 aromatic rings. The fraction of sp³-hybridized carbons (Fsp3) is 0. The van der Waals surface area contributed by atoms with E-state index >= 15 is 0 Å². The van der Waals surface area contributed by atoms with Gasteiger partial charge in [-0.3, -0.25) is 0 Å². The molecule has 0 aliphatic heterocycles. The number of hydrogen-bond donors (Lipinski definition) is 0. The minimum absolute atomic E-state index is 0.462. The van der Waals surface area contributed by atoms with Crippen LogP contribution in [0.2, 0.25) is 0 Å². The Hall–Kier alpha value is -9.16. The molecule has 0 unspecified atom stereocenters. The molecule has 320 valence electrons. The van der Waals surface area contributed by atoms with Crippen molar-refractivity contribution in [3.63, 3.8) is 0 Å². The molecule has 0 spiro atoms. The zero-order valence-electron chi connectivity index (χ0n) is 34.0. The van der Waals surface area contributed by atoms with Crippen LogP contribution < -0.4 is 37.9 Å². The summed E-state index contributed by atoms with van der Waals surface area (Å²) in [5, 5.41) is 0. The van der Waals surface area contributed by atoms with Crippen molar-refractivity contribution in [2.75, 3.05) is 0 Å². The summed E-state index contributed by atoms with van der Waals surface area (Å²) in [4.78, 5) is 45.3. The lowest BCUT2D eigenvalue weighted by Crippen LogP contribution is -2.13. The van der Waals surface area contributed by atoms with Gasteiger partial charge in [0.2, 0.25) is 0 Å². The lowest BCUT2D eigenvalue weighted by molar-refractivity contribution is 0.150. The molecule has 0 saturated heterocycles. The van der Waals surface area contributed by atoms with Crippen molar-refractivity contribution in [2.24, 2.45) is 0 Å². The topological polar surface area (TPSA) is 142 Å². The molecule has 0 bridgehead atoms. The van der Waals surface area contributed by atoms with Crippen molar-refractivity contribution in [3.05, 3.63) is 243 Å². The van der Waals surface area contributed by atoms with Gasteiger partial charge >= 0.3 is 24.6 Å². The molecule has 8 aromatic carbocycles. The summed E-state index contributed by atoms with van der Waals surface area (Å²) in [6, 6.07) is 70.3. The number of carbonyl (C=O) groups excluding carboxylic acids is 4. The third-order valence-electron chi connectivity index (χ3n) is 7.56. The summed E-state index contributed by atoms with van der Waals surface area (Å²) >= 11 is 0. The van der Waals surface area contributed by atoms with Crippen LogP contribution in [0, 0.1) is 0 Å². The van der Waals surface area contributed by atoms with Gasteiger partial charge in [0.05, 0.1) is 0 Å². The number of para-hydroxylation sites is 8. The first kappa shape index (κ1) is 45.9. The van der Waals surface area contributed by atoms with E-state index in [-0.39, 0.29) is 0 Å². The van der Waals surface area contributed by atoms with Gasteiger partial charge in [0.15, 0.2) is 0 Å². The molecule has 0 amide bonds. The van der Waals surface area contributed by atoms with Crippen molar-refractivity contribution in [2.45, 2.75) is 0 Å². The smallest absolute Gasteiger partial charge is 0.395 e. The van der Waals surface area contributed by atoms with Crippen LogP contribution >= 0.6 is 0 Å². The van der Waals surface area contributed by atoms with Crippen molar-refractivity contribution in [1.29, 1.82) is 0 Å². The van der Waals surface area contributed by atoms with Crippen molar-refractivity contribution >= 4 is 24.6 Å². The van der Waals surface area contributed by atoms with Gasteiger partial charge in [0.25, 0.3) is 0 Å². The standard InChI is InChI=1S/4C13H10O3/c4*14-13(15-11-7-3-1-4-8-11)16-12-9-5-2-6-10-12/h4*1-10H. The van der Waals surface area contributed by atoms with Crippen LogP contribution in [0.1, 0.15) is 0 Å². The number of benzene rings is 8. The average Bonchev–Trinajstić information content (AvgIpc) is 3.32. The van der Waals surface area contributed by atoms with E-state index in [0.29, 0.717) is 46.0 Å². The number of carbonyl (C=O) groups is 4. The molecule has 0 saturated carbocycles. The summed E-state index contributed by atoms with van der Waals surface area (Å²) in [5.74, 6) is 3.69. The summed E-state index contributed by atoms with van der Waals surface area (Å²) in [6.45, 7) is 0. The van der Waals surface area contributed by atoms with Crippen molar-refractivity contribution in [3.8, 4) is 46.0 Å². The lowest BCUT2D eigenvalue weighted by Gasteiger charge is -2.04. The minimum Gasteiger partial charge on any atom is -0.395 e. The van der Waals surface area contributed by atoms with E-state index < -0.39 is 24.6 Å². The van der Waals surface area contributed by atoms with Crippen LogP contribution in [0.5, 0.6) is 46.0 Å². The number of ether oxygens (including phenoxy) is 8. The molecule has 8 rings (SSSR count). The highest BCUT2D eigenvalue weighted by Crippen LogP contribution is 2.16. The fourth-order valence-corrected chi connectivity index (χ4v) is 4.76. The monoisotopic (exact) mass is 856 g/mol. The van der Waals surface area contributed by atoms with Gasteiger partial charge < -0.3 is 37.9 Å². The second kappa shape index (κ2) is 26.8. The molecule has 0 N–H and O–H groups in total. The van der Waals surface area contributed by atoms with E-state index in [2.05, 4.69) is 0 Å². The molecule has 12 heteroatoms. The first-order valence-electron chi connectivity index (χ1n) is 19.4. The van der Waals surface area contributed by atoms with E-state index in [0.717, 1.165) is 0 Å². The van der Waals surface area contributed by atoms with Crippen LogP contribution in [0.25, 0.3) is 0 Å². The fourth-order valence-electron chi connectivity index (χ4n) is 4.76. The third-order valence-corrected chi connectivity index (χ3v) is 7.56. The van der Waals surface area contributed by atoms with Crippen LogP contribution in [-0.2, 0) is 0 Å². The largest absolute Gasteiger partial charge is 0.519 e. The second-order valence-electron chi connectivity index (χ2n) is 12.3. The Morgan fingerprint density at radius 2 is 0.266 bits per heavy atom. The van der Waals surface area contributed by atoms with E-state index in [1.807, 2.05) is 48.5 Å². The normalized spacial score (nSPS) is 9.50. The maximum Gasteiger partial charge on any atom is 0.519 e. The highest BCUT2D eigenvalue weighted by atomic mass is 16.7. The second-order valence-corrected chi connectivity index (χ2v) is 12.3. The van der Waals surface area contributed by atoms with Gasteiger partial charge in [-0.25, -0.2) is 19.2 Å². The highest BCUT2D eigenvalue weighted by molar-refractivity contribution is 5.68. The lowest BCUT2D eigenvalue weighted by atomic mass is 10.3. The molecule has 12 nitrogen and oxygen atoms in total. The first-order valence-corrected chi connectivity index (χ1v) is 19.4. The van der Waals surface area contributed by atoms with Crippen LogP contribution in [0.3, 0.4) is 0 Å². The van der Waals surface area contributed by atoms with Crippen LogP contribution in [0.4, 0.5) is 19.2 Å². The SMILES string of the molecule is O=C(Oc1ccccc1)Oc1ccccc1.O=C(Oc1ccccc1)Oc1ccccc1.O=C(Oc1ccccc1)Oc1ccccc1.O=C(Oc1ccccc1)Oc1ccccc1. The highest BCUT2D eigenvalue weighted by Gasteiger charge is 2.09. The zero-order valence-corrected chi connectivity index (χ0v) is 34.0. The van der Waals surface area contributed by atoms with E-state index in [1.165, 1.54) is 0 Å². The Labute approximate surface area is 369 Å². The average molecular weight is 857 g/mol. The predicted octanol–water partition coefficient (Wildman–Crippen LogP) is 13.1. The van der Waals surface area contributed by atoms with Gasteiger partial charge in [-0.05, 0) is 97.1 Å². The molecule has 0 atom stereocenters. The van der Waals surface area contributed by atoms with Gasteiger partial charge in [-0.2, -0.15) is 0 Å². The van der Waals surface area contributed by atoms with Gasteiger partial charge in [-0.15, -0.1) is 0 Å². The number of rotatable bonds is 8. The van der Waals surface area contributed by atoms with E-state index in [1.54, 1.807) is 194 Å². The Morgan fingerprint density at radius 1 is 0.172 bits per heavy atom. The number of hydrogen-bond acceptors (Lipinski definition) is 12. The van der Waals surface area contributed by atoms with E-state index in [4.69, 9.17) is 37.9 Å². The Balaban J connectivity index is 0.000000161. The molecule has 0 heterocycles. The maximum absolute atomic E-state index is 11.3. The van der Waals surface area contributed by atoms with Gasteiger partial charge in [-0.1, -0.05) is 146 Å². The predicted molar refractivity (Wildman–Crippen MR) is 238 cm³/mol. The third kappa shape index (κ3) is 18.8. The molecule has 0 aliphatic rings. The molecule has 0 radical (unpaired) electrons. The Kier molecular flexibility index (Phi) is 19.3.